The van der Waals surface area contributed by atoms with Crippen LogP contribution in [0.25, 0.3) is 0 Å². The van der Waals surface area contributed by atoms with Crippen molar-refractivity contribution < 1.29 is 38.9 Å². The van der Waals surface area contributed by atoms with Crippen molar-refractivity contribution in [3.8, 4) is 23.7 Å². The molecule has 10 nitrogen and oxygen atoms in total. The van der Waals surface area contributed by atoms with Crippen LogP contribution in [0.1, 0.15) is 105 Å². The highest BCUT2D eigenvalue weighted by atomic mass is 32.1. The van der Waals surface area contributed by atoms with Gasteiger partial charge in [-0.25, -0.2) is 9.59 Å². The number of thiophene rings is 2. The molecule has 2 N–H and O–H groups in total. The summed E-state index contributed by atoms with van der Waals surface area (Å²) in [6.45, 7) is 5.28. The summed E-state index contributed by atoms with van der Waals surface area (Å²) in [5.41, 5.74) is 1.94. The molecule has 2 aliphatic rings. The Hall–Kier alpha value is -5.76. The molecule has 12 heteroatoms. The zero-order valence-corrected chi connectivity index (χ0v) is 40.0. The van der Waals surface area contributed by atoms with Crippen molar-refractivity contribution in [1.82, 2.24) is 9.80 Å². The first-order chi connectivity index (χ1) is 31.9. The lowest BCUT2D eigenvalue weighted by atomic mass is 9.99. The second-order valence-corrected chi connectivity index (χ2v) is 18.9. The smallest absolute Gasteiger partial charge is 0.348 e. The zero-order valence-electron chi connectivity index (χ0n) is 38.4. The number of hydrogen-bond acceptors (Lipinski definition) is 10. The molecule has 0 radical (unpaired) electrons. The largest absolute Gasteiger partial charge is 0.465 e. The first-order valence-corrected chi connectivity index (χ1v) is 24.3. The van der Waals surface area contributed by atoms with Gasteiger partial charge in [0.2, 0.25) is 11.8 Å². The summed E-state index contributed by atoms with van der Waals surface area (Å²) in [7, 11) is 2.76. The molecular weight excluding hydrogens is 869 g/mol. The monoisotopic (exact) mass is 930 g/mol. The van der Waals surface area contributed by atoms with Crippen LogP contribution in [0.15, 0.2) is 109 Å². The highest BCUT2D eigenvalue weighted by molar-refractivity contribution is 7.14. The van der Waals surface area contributed by atoms with Crippen molar-refractivity contribution >= 4 is 46.4 Å². The second-order valence-electron chi connectivity index (χ2n) is 16.6. The van der Waals surface area contributed by atoms with Gasteiger partial charge in [0.1, 0.15) is 9.75 Å². The van der Waals surface area contributed by atoms with Crippen molar-refractivity contribution in [2.24, 2.45) is 11.8 Å². The van der Waals surface area contributed by atoms with Gasteiger partial charge in [0.05, 0.1) is 38.5 Å². The molecule has 0 aliphatic carbocycles. The van der Waals surface area contributed by atoms with Gasteiger partial charge in [0.25, 0.3) is 0 Å². The maximum atomic E-state index is 12.4. The van der Waals surface area contributed by atoms with Gasteiger partial charge in [0, 0.05) is 59.7 Å². The second kappa shape index (κ2) is 27.0. The van der Waals surface area contributed by atoms with E-state index >= 15 is 0 Å². The number of methoxy groups -OCH3 is 2. The van der Waals surface area contributed by atoms with E-state index in [2.05, 4.69) is 23.7 Å². The molecule has 2 amide bonds. The average Bonchev–Trinajstić information content (AvgIpc) is 4.16. The van der Waals surface area contributed by atoms with Crippen LogP contribution in [0.4, 0.5) is 0 Å². The number of nitrogens with zero attached hydrogens (tertiary/aromatic N) is 2. The van der Waals surface area contributed by atoms with Crippen molar-refractivity contribution in [2.75, 3.05) is 27.3 Å². The molecule has 4 heterocycles. The fourth-order valence-corrected chi connectivity index (χ4v) is 9.50. The SMILES string of the molecule is COC(=O)c1ccc(CCCN2C(=O)CC[C@@H]2/C=C/[C@@H](O)C(C)CC#Cc2ccccc2)s1.COC(=O)c1ccc(CCCN2C(=O)CC[C@@H]2/C=C/[C@H](O)C(C)CC#Cc2ccccc2)s1. The van der Waals surface area contributed by atoms with E-state index in [1.165, 1.54) is 36.9 Å². The molecule has 2 saturated heterocycles. The number of rotatable bonds is 18. The number of amides is 2. The topological polar surface area (TPSA) is 134 Å². The van der Waals surface area contributed by atoms with Crippen molar-refractivity contribution in [1.29, 1.82) is 0 Å². The molecule has 2 aromatic heterocycles. The van der Waals surface area contributed by atoms with Crippen molar-refractivity contribution in [2.45, 2.75) is 102 Å². The lowest BCUT2D eigenvalue weighted by molar-refractivity contribution is -0.129. The first-order valence-electron chi connectivity index (χ1n) is 22.7. The summed E-state index contributed by atoms with van der Waals surface area (Å²) in [4.78, 5) is 55.1. The first kappa shape index (κ1) is 51.2. The molecule has 66 heavy (non-hydrogen) atoms. The summed E-state index contributed by atoms with van der Waals surface area (Å²) < 4.78 is 9.50. The summed E-state index contributed by atoms with van der Waals surface area (Å²) >= 11 is 2.87. The van der Waals surface area contributed by atoms with Crippen LogP contribution in [0.3, 0.4) is 0 Å². The van der Waals surface area contributed by atoms with Crippen LogP contribution in [-0.4, -0.2) is 95.4 Å². The third-order valence-electron chi connectivity index (χ3n) is 11.6. The number of aryl methyl sites for hydroxylation is 2. The minimum absolute atomic E-state index is 0.00542. The summed E-state index contributed by atoms with van der Waals surface area (Å²) in [6.07, 6.45) is 13.4. The van der Waals surface area contributed by atoms with Gasteiger partial charge < -0.3 is 29.5 Å². The van der Waals surface area contributed by atoms with E-state index in [-0.39, 0.29) is 47.7 Å². The normalized spacial score (nSPS) is 17.6. The number of aliphatic hydroxyl groups is 2. The lowest BCUT2D eigenvalue weighted by Gasteiger charge is -2.23. The molecule has 0 spiro atoms. The van der Waals surface area contributed by atoms with Gasteiger partial charge in [-0.3, -0.25) is 9.59 Å². The van der Waals surface area contributed by atoms with E-state index < -0.39 is 12.2 Å². The van der Waals surface area contributed by atoms with E-state index in [0.29, 0.717) is 48.5 Å². The summed E-state index contributed by atoms with van der Waals surface area (Å²) in [5, 5.41) is 21.1. The molecule has 0 saturated carbocycles. The van der Waals surface area contributed by atoms with Gasteiger partial charge in [0.15, 0.2) is 0 Å². The Kier molecular flexibility index (Phi) is 21.0. The molecular formula is C54H62N2O8S2. The Morgan fingerprint density at radius 2 is 1.05 bits per heavy atom. The number of ether oxygens (including phenoxy) is 2. The quantitative estimate of drug-likeness (QED) is 0.0575. The predicted octanol–water partition coefficient (Wildman–Crippen LogP) is 8.91. The molecule has 4 aromatic rings. The number of hydrogen-bond donors (Lipinski definition) is 2. The van der Waals surface area contributed by atoms with E-state index in [0.717, 1.165) is 59.4 Å². The Morgan fingerprint density at radius 1 is 0.652 bits per heavy atom. The average molecular weight is 931 g/mol. The van der Waals surface area contributed by atoms with Gasteiger partial charge >= 0.3 is 11.9 Å². The molecule has 2 unspecified atom stereocenters. The molecule has 348 valence electrons. The van der Waals surface area contributed by atoms with E-state index in [1.54, 1.807) is 12.1 Å². The van der Waals surface area contributed by atoms with Crippen LogP contribution < -0.4 is 0 Å². The standard InChI is InChI=1S/2C27H31NO4S/c2*1-20(8-6-11-21-9-4-3-5-10-21)24(29)16-13-22-14-18-26(30)28(22)19-7-12-23-15-17-25(33-23)27(31)32-2/h2*3-5,9-10,13,15-17,20,22,24,29H,7-8,12,14,18-19H2,1-2H3/b2*16-13+/t20?,22-,24+;20?,22-,24-/m00/s1. The minimum atomic E-state index is -0.601. The summed E-state index contributed by atoms with van der Waals surface area (Å²) in [6, 6.07) is 27.1. The van der Waals surface area contributed by atoms with Crippen molar-refractivity contribution in [3.63, 3.8) is 0 Å². The van der Waals surface area contributed by atoms with E-state index in [9.17, 15) is 29.4 Å². The molecule has 2 aliphatic heterocycles. The number of aliphatic hydroxyl groups excluding tert-OH is 2. The van der Waals surface area contributed by atoms with Crippen LogP contribution in [0.2, 0.25) is 0 Å². The number of likely N-dealkylation sites (tertiary alicyclic amines) is 2. The molecule has 6 rings (SSSR count). The maximum Gasteiger partial charge on any atom is 0.348 e. The van der Waals surface area contributed by atoms with Crippen LogP contribution in [-0.2, 0) is 31.9 Å². The maximum absolute atomic E-state index is 12.4. The Morgan fingerprint density at radius 3 is 1.42 bits per heavy atom. The fourth-order valence-electron chi connectivity index (χ4n) is 7.56. The Bertz CT molecular complexity index is 2200. The van der Waals surface area contributed by atoms with Crippen LogP contribution >= 0.6 is 22.7 Å². The van der Waals surface area contributed by atoms with E-state index in [1.807, 2.05) is 121 Å². The molecule has 6 atom stereocenters. The third-order valence-corrected chi connectivity index (χ3v) is 13.8. The number of carbonyl (C=O) groups excluding carboxylic acids is 4. The minimum Gasteiger partial charge on any atom is -0.465 e. The lowest BCUT2D eigenvalue weighted by Crippen LogP contribution is -2.33. The van der Waals surface area contributed by atoms with Crippen LogP contribution in [0.5, 0.6) is 0 Å². The highest BCUT2D eigenvalue weighted by Gasteiger charge is 2.30. The van der Waals surface area contributed by atoms with Gasteiger partial charge in [-0.2, -0.15) is 0 Å². The highest BCUT2D eigenvalue weighted by Crippen LogP contribution is 2.25. The van der Waals surface area contributed by atoms with Crippen molar-refractivity contribution in [3.05, 3.63) is 140 Å². The third kappa shape index (κ3) is 16.3. The zero-order chi connectivity index (χ0) is 47.3. The van der Waals surface area contributed by atoms with Crippen LogP contribution in [0, 0.1) is 35.5 Å². The van der Waals surface area contributed by atoms with Gasteiger partial charge in [-0.1, -0.05) is 98.2 Å². The molecule has 2 fully saturated rings. The van der Waals surface area contributed by atoms with E-state index in [4.69, 9.17) is 9.47 Å². The predicted molar refractivity (Wildman–Crippen MR) is 262 cm³/mol. The van der Waals surface area contributed by atoms with Gasteiger partial charge in [-0.15, -0.1) is 22.7 Å². The summed E-state index contributed by atoms with van der Waals surface area (Å²) in [5.74, 6) is 12.2. The number of esters is 2. The van der Waals surface area contributed by atoms with Gasteiger partial charge in [-0.05, 0) is 98.9 Å². The fraction of sp³-hybridized carbons (Fsp3) is 0.407. The molecule has 0 bridgehead atoms. The molecule has 2 aromatic carbocycles. The number of carbonyl (C=O) groups is 4. The Balaban J connectivity index is 0.000000247. The number of benzene rings is 2. The Labute approximate surface area is 398 Å².